The minimum Gasteiger partial charge on any atom is -1.00 e. The Labute approximate surface area is 875 Å². The number of hydrogen-bond donors (Lipinski definition) is 6. The molecule has 7 N–H and O–H groups in total. The van der Waals surface area contributed by atoms with Gasteiger partial charge in [-0.25, -0.2) is 33.3 Å². The molecule has 13 aromatic rings. The van der Waals surface area contributed by atoms with Gasteiger partial charge in [-0.05, 0) is 192 Å². The van der Waals surface area contributed by atoms with E-state index in [-0.39, 0.29) is 189 Å². The zero-order valence-corrected chi connectivity index (χ0v) is 85.4. The number of aromatic nitrogens is 6. The summed E-state index contributed by atoms with van der Waals surface area (Å²) in [6.45, 7) is 4.30. The minimum atomic E-state index is -0.675. The maximum Gasteiger partial charge on any atom is 1.00 e. The first-order valence-electron chi connectivity index (χ1n) is 44.5. The number of carbonyl (C=O) groups excluding carboxylic acids is 6. The largest absolute Gasteiger partial charge is 1.00 e. The molecule has 0 spiro atoms. The Hall–Kier alpha value is -11.9. The smallest absolute Gasteiger partial charge is 1.00 e. The van der Waals surface area contributed by atoms with Crippen molar-refractivity contribution in [2.75, 3.05) is 65.1 Å². The molecule has 20 rings (SSSR count). The summed E-state index contributed by atoms with van der Waals surface area (Å²) in [6.07, 6.45) is 10.9. The number of benzene rings is 10. The molecule has 2 amide bonds. The molecular formula is C105H98Br3F2N9Na2O19. The second kappa shape index (κ2) is 53.6. The first-order chi connectivity index (χ1) is 66.9. The SMILES string of the molecule is C#Cc1cccc(F)c1.Nc1cc(Br)ccc1OC=O.O=C(OCC1CCc2nc3cc(Br)ccc3c(=O)n2C1)OCC1c2ccccc2-c2ccccc21.O=C1CCC(CO)CN1.O=C1CCC(COC(=O)OCC2c3ccccc3-c3ccccc32)CN1.O=CO[O-].O=c1c2ccc(Br)cc2nc2n1CC(CO)CC2.O=c1c2ccc(C#Cc3cccc(F)c3)cc2nc2n1CC(CO)CC2.[H-].[Na+].[Na+]. The molecule has 2 fully saturated rings. The summed E-state index contributed by atoms with van der Waals surface area (Å²) in [5.74, 6) is 11.3. The molecule has 2 aliphatic carbocycles. The van der Waals surface area contributed by atoms with Crippen molar-refractivity contribution in [3.63, 3.8) is 0 Å². The fourth-order valence-electron chi connectivity index (χ4n) is 16.9. The molecule has 5 aliphatic heterocycles. The van der Waals surface area contributed by atoms with Crippen LogP contribution < -0.4 is 102 Å². The second-order valence-corrected chi connectivity index (χ2v) is 36.0. The molecule has 0 bridgehead atoms. The van der Waals surface area contributed by atoms with Gasteiger partial charge in [0.25, 0.3) is 29.6 Å². The summed E-state index contributed by atoms with van der Waals surface area (Å²) in [6, 6.07) is 66.3. The van der Waals surface area contributed by atoms with E-state index in [9.17, 15) is 57.4 Å². The molecule has 7 aliphatic rings. The molecule has 28 nitrogen and oxygen atoms in total. The zero-order chi connectivity index (χ0) is 97.7. The standard InChI is InChI=1S/C28H23BrN2O4.C21H17FN2O2.C21H21NO4.C13H13BrN2O2.C8H5F.C7H6BrNO2.C6H11NO2.CH2O3.2Na.H/c29-18-10-11-23-25(13-18)30-26-12-9-17(14-31(26)27(23)32)15-34-28(33)35-16-24-21-7-3-1-5-19(21)20-6-2-4-8-22(20)24;22-17-3-1-2-14(10-17)4-5-15-6-8-18-19(11-15)23-20-9-7-16(13-25)12-24(20)21(18)26;23-20-10-9-14(11-22-20)12-25-21(24)26-13-19-17-7-3-1-5-15(17)16-6-2-4-8-18(16)19;14-9-2-3-10-11(5-9)15-12-4-1-8(7-17)6-16(12)13(10)18;1-2-7-4-3-5-8(9)6-7;8-5-1-2-7(11-4-10)6(9)3-5;8-4-5-1-2-6(9)7-3-5;2-1-4-3;;;/h1-8,10-11,13,17,24H,9,12,14-16H2;1-3,6,8,10-11,16,25H,7,9,12-13H2;1-8,14,19H,9-13H2,(H,22,23);2-3,5,8,17H,1,4,6-7H2;1,3-6H;1-4H,9H2;5,8H,1-4H2,(H,7,9);1,3H;;;/q;;;;;;;;2*+1;-1/p-1. The third-order valence-corrected chi connectivity index (χ3v) is 25.6. The number of ether oxygens (including phenoxy) is 5. The average Bonchev–Trinajstić information content (AvgIpc) is 1.67. The summed E-state index contributed by atoms with van der Waals surface area (Å²) < 4.78 is 59.5. The van der Waals surface area contributed by atoms with E-state index in [1.54, 1.807) is 86.5 Å². The minimum absolute atomic E-state index is 0. The van der Waals surface area contributed by atoms with Crippen molar-refractivity contribution in [3.05, 3.63) is 331 Å². The predicted molar refractivity (Wildman–Crippen MR) is 524 cm³/mol. The number of anilines is 1. The predicted octanol–water partition coefficient (Wildman–Crippen LogP) is 8.80. The monoisotopic (exact) mass is 2110 g/mol. The van der Waals surface area contributed by atoms with Crippen LogP contribution in [0.1, 0.15) is 115 Å². The molecule has 0 saturated carbocycles. The number of piperidine rings is 2. The van der Waals surface area contributed by atoms with E-state index in [2.05, 4.69) is 149 Å². The fraction of sp³-hybridized carbons (Fsp3) is 0.276. The molecule has 5 unspecified atom stereocenters. The number of hydrogen-bond acceptors (Lipinski definition) is 23. The Morgan fingerprint density at radius 1 is 0.450 bits per heavy atom. The van der Waals surface area contributed by atoms with Crippen molar-refractivity contribution < 1.29 is 147 Å². The Bertz CT molecular complexity index is 6820. The molecule has 10 aromatic carbocycles. The van der Waals surface area contributed by atoms with E-state index in [1.165, 1.54) is 57.6 Å². The van der Waals surface area contributed by atoms with Gasteiger partial charge in [0, 0.05) is 150 Å². The number of rotatable bonds is 14. The van der Waals surface area contributed by atoms with Gasteiger partial charge in [-0.2, -0.15) is 0 Å². The van der Waals surface area contributed by atoms with Crippen molar-refractivity contribution >= 4 is 123 Å². The Morgan fingerprint density at radius 3 is 1.20 bits per heavy atom. The van der Waals surface area contributed by atoms with E-state index in [1.807, 2.05) is 72.8 Å². The molecule has 3 aromatic heterocycles. The summed E-state index contributed by atoms with van der Waals surface area (Å²) in [5.41, 5.74) is 19.2. The van der Waals surface area contributed by atoms with Gasteiger partial charge in [-0.3, -0.25) is 47.3 Å². The summed E-state index contributed by atoms with van der Waals surface area (Å²) in [5, 5.41) is 42.9. The van der Waals surface area contributed by atoms with E-state index < -0.39 is 12.3 Å². The first kappa shape index (κ1) is 109. The third kappa shape index (κ3) is 29.2. The summed E-state index contributed by atoms with van der Waals surface area (Å²) in [4.78, 5) is 119. The zero-order valence-electron chi connectivity index (χ0n) is 77.6. The third-order valence-electron chi connectivity index (χ3n) is 24.1. The van der Waals surface area contributed by atoms with Gasteiger partial charge in [0.1, 0.15) is 42.3 Å². The van der Waals surface area contributed by atoms with Crippen molar-refractivity contribution in [2.24, 2.45) is 29.6 Å². The number of nitrogens with one attached hydrogen (secondary N) is 2. The second-order valence-electron chi connectivity index (χ2n) is 33.3. The normalized spacial score (nSPS) is 16.2. The molecule has 8 heterocycles. The Morgan fingerprint density at radius 2 is 0.807 bits per heavy atom. The molecule has 5 atom stereocenters. The number of aliphatic hydroxyl groups excluding tert-OH is 3. The van der Waals surface area contributed by atoms with Crippen LogP contribution >= 0.6 is 47.8 Å². The van der Waals surface area contributed by atoms with Gasteiger partial charge in [0.2, 0.25) is 11.8 Å². The van der Waals surface area contributed by atoms with Crippen LogP contribution in [0.25, 0.3) is 55.0 Å². The summed E-state index contributed by atoms with van der Waals surface area (Å²) in [7, 11) is 0. The number of nitrogens with zero attached hydrogens (tertiary/aromatic N) is 6. The van der Waals surface area contributed by atoms with Crippen LogP contribution in [0.5, 0.6) is 5.75 Å². The van der Waals surface area contributed by atoms with Crippen LogP contribution in [-0.2, 0) is 81.9 Å². The van der Waals surface area contributed by atoms with Crippen molar-refractivity contribution in [1.82, 2.24) is 39.3 Å². The quantitative estimate of drug-likeness (QED) is 0.0113. The van der Waals surface area contributed by atoms with Gasteiger partial charge in [-0.15, -0.1) is 6.42 Å². The first-order valence-corrected chi connectivity index (χ1v) is 46.9. The van der Waals surface area contributed by atoms with Gasteiger partial charge < -0.3 is 66.9 Å². The molecule has 35 heteroatoms. The number of aliphatic hydroxyl groups is 3. The number of fused-ring (bicyclic) bond motifs is 12. The van der Waals surface area contributed by atoms with Crippen LogP contribution in [0.15, 0.2) is 246 Å². The molecule has 2 saturated heterocycles. The molecule has 714 valence electrons. The molecule has 0 radical (unpaired) electrons. The number of halogens is 5. The molecular weight excluding hydrogens is 2010 g/mol. The van der Waals surface area contributed by atoms with E-state index in [0.717, 1.165) is 91.6 Å². The topological polar surface area (TPSA) is 396 Å². The van der Waals surface area contributed by atoms with Crippen LogP contribution in [-0.4, -0.2) is 140 Å². The number of carbonyl (C=O) groups is 6. The number of aryl methyl sites for hydroxylation is 3. The molecule has 140 heavy (non-hydrogen) atoms. The number of terminal acetylenes is 1. The van der Waals surface area contributed by atoms with Crippen LogP contribution in [0, 0.1) is 65.4 Å². The Kier molecular flexibility index (Phi) is 41.6. The van der Waals surface area contributed by atoms with Crippen molar-refractivity contribution in [1.29, 1.82) is 0 Å². The number of nitrogen functional groups attached to an aromatic ring is 1. The van der Waals surface area contributed by atoms with E-state index >= 15 is 0 Å². The van der Waals surface area contributed by atoms with Gasteiger partial charge in [0.15, 0.2) is 5.75 Å². The number of amides is 2. The van der Waals surface area contributed by atoms with Crippen LogP contribution in [0.2, 0.25) is 0 Å². The van der Waals surface area contributed by atoms with Crippen molar-refractivity contribution in [3.8, 4) is 52.2 Å². The van der Waals surface area contributed by atoms with Crippen molar-refractivity contribution in [2.45, 2.75) is 95.7 Å². The van der Waals surface area contributed by atoms with Crippen LogP contribution in [0.3, 0.4) is 0 Å². The van der Waals surface area contributed by atoms with E-state index in [4.69, 9.17) is 46.3 Å². The fourth-order valence-corrected chi connectivity index (χ4v) is 18.0. The maximum absolute atomic E-state index is 13.2. The maximum atomic E-state index is 13.2. The van der Waals surface area contributed by atoms with Gasteiger partial charge >= 0.3 is 71.4 Å². The average molecular weight is 2110 g/mol. The van der Waals surface area contributed by atoms with Gasteiger partial charge in [-0.1, -0.05) is 175 Å². The van der Waals surface area contributed by atoms with E-state index in [0.29, 0.717) is 121 Å². The van der Waals surface area contributed by atoms with Gasteiger partial charge in [0.05, 0.1) is 51.6 Å². The summed E-state index contributed by atoms with van der Waals surface area (Å²) >= 11 is 10.1. The Balaban J connectivity index is 0.000000176. The number of nitrogens with two attached hydrogens (primary N) is 1. The van der Waals surface area contributed by atoms with Crippen LogP contribution in [0.4, 0.5) is 24.1 Å².